The Morgan fingerprint density at radius 2 is 1.62 bits per heavy atom. The van der Waals surface area contributed by atoms with Gasteiger partial charge in [-0.1, -0.05) is 6.07 Å². The molecule has 0 bridgehead atoms. The van der Waals surface area contributed by atoms with E-state index in [9.17, 15) is 31.5 Å². The van der Waals surface area contributed by atoms with Crippen molar-refractivity contribution in [2.24, 2.45) is 10.9 Å². The monoisotopic (exact) mass is 517 g/mol. The molecule has 184 valence electrons. The third kappa shape index (κ3) is 6.65. The van der Waals surface area contributed by atoms with Gasteiger partial charge in [-0.15, -0.1) is 0 Å². The molecule has 18 heteroatoms. The lowest BCUT2D eigenvalue weighted by molar-refractivity contribution is 0.0692. The zero-order valence-corrected chi connectivity index (χ0v) is 19.4. The molecule has 1 aromatic carbocycles. The number of carboxylic acid groups (broad SMARTS) is 1. The highest BCUT2D eigenvalue weighted by Gasteiger charge is 2.26. The maximum Gasteiger partial charge on any atom is 0.337 e. The molecule has 0 radical (unpaired) electrons. The number of amides is 2. The number of carboxylic acids is 1. The molecule has 6 N–H and O–H groups in total. The van der Waals surface area contributed by atoms with Crippen molar-refractivity contribution in [2.45, 2.75) is 4.90 Å². The fourth-order valence-electron chi connectivity index (χ4n) is 2.38. The van der Waals surface area contributed by atoms with Crippen LogP contribution in [-0.4, -0.2) is 70.2 Å². The van der Waals surface area contributed by atoms with Crippen LogP contribution in [0.2, 0.25) is 0 Å². The van der Waals surface area contributed by atoms with Crippen LogP contribution in [0, 0.1) is 0 Å². The number of hydrogen-bond donors (Lipinski definition) is 5. The molecule has 2 amide bonds. The largest absolute Gasteiger partial charge is 0.481 e. The summed E-state index contributed by atoms with van der Waals surface area (Å²) in [7, 11) is -6.12. The average molecular weight is 518 g/mol. The predicted molar refractivity (Wildman–Crippen MR) is 117 cm³/mol. The number of anilines is 1. The van der Waals surface area contributed by atoms with Gasteiger partial charge in [-0.05, 0) is 12.1 Å². The van der Waals surface area contributed by atoms with Gasteiger partial charge in [0.2, 0.25) is 27.7 Å². The van der Waals surface area contributed by atoms with Gasteiger partial charge in [0, 0.05) is 5.56 Å². The van der Waals surface area contributed by atoms with Crippen LogP contribution in [0.15, 0.2) is 34.3 Å². The number of sulfonamides is 2. The van der Waals surface area contributed by atoms with Gasteiger partial charge in [0.25, 0.3) is 10.0 Å². The number of nitrogens with two attached hydrogens (primary N) is 1. The molecule has 2 rings (SSSR count). The minimum absolute atomic E-state index is 0.00199. The number of hydrazone groups is 1. The van der Waals surface area contributed by atoms with Crippen LogP contribution in [0.1, 0.15) is 15.9 Å². The van der Waals surface area contributed by atoms with Crippen molar-refractivity contribution in [2.75, 3.05) is 25.8 Å². The van der Waals surface area contributed by atoms with Gasteiger partial charge in [0.1, 0.15) is 4.90 Å². The molecule has 2 aromatic rings. The van der Waals surface area contributed by atoms with E-state index in [1.807, 2.05) is 4.72 Å². The molecule has 0 spiro atoms. The highest BCUT2D eigenvalue weighted by molar-refractivity contribution is 7.90. The van der Waals surface area contributed by atoms with E-state index in [1.165, 1.54) is 20.3 Å². The Morgan fingerprint density at radius 3 is 2.09 bits per heavy atom. The third-order valence-corrected chi connectivity index (χ3v) is 5.67. The number of nitrogens with zero attached hydrogens (tertiary/aromatic N) is 3. The first-order chi connectivity index (χ1) is 15.8. The highest BCUT2D eigenvalue weighted by atomic mass is 32.2. The molecule has 0 aliphatic heterocycles. The SMILES string of the molecule is COc1cc(OC)nc(NC(=O)NS(=O)(=O)c2cc(C(=NN)NS(C)(=O)=O)ccc2C(=O)O)n1. The van der Waals surface area contributed by atoms with Crippen LogP contribution in [0.3, 0.4) is 0 Å². The molecule has 16 nitrogen and oxygen atoms in total. The first-order valence-corrected chi connectivity index (χ1v) is 12.1. The van der Waals surface area contributed by atoms with Gasteiger partial charge in [-0.3, -0.25) is 10.0 Å². The van der Waals surface area contributed by atoms with E-state index >= 15 is 0 Å². The summed E-state index contributed by atoms with van der Waals surface area (Å²) in [5, 5.41) is 14.7. The van der Waals surface area contributed by atoms with E-state index in [2.05, 4.69) is 20.4 Å². The van der Waals surface area contributed by atoms with E-state index in [-0.39, 0.29) is 23.3 Å². The van der Waals surface area contributed by atoms with Crippen LogP contribution in [0.25, 0.3) is 0 Å². The number of aromatic carboxylic acids is 1. The van der Waals surface area contributed by atoms with E-state index in [0.29, 0.717) is 0 Å². The zero-order chi connectivity index (χ0) is 25.7. The van der Waals surface area contributed by atoms with Crippen LogP contribution in [-0.2, 0) is 20.0 Å². The van der Waals surface area contributed by atoms with Crippen LogP contribution in [0.5, 0.6) is 11.8 Å². The molecule has 0 atom stereocenters. The number of urea groups is 1. The minimum Gasteiger partial charge on any atom is -0.481 e. The van der Waals surface area contributed by atoms with Gasteiger partial charge in [-0.25, -0.2) is 31.1 Å². The van der Waals surface area contributed by atoms with E-state index in [0.717, 1.165) is 24.5 Å². The Kier molecular flexibility index (Phi) is 7.80. The van der Waals surface area contributed by atoms with Crippen molar-refractivity contribution >= 4 is 43.8 Å². The Labute approximate surface area is 193 Å². The number of aromatic nitrogens is 2. The van der Waals surface area contributed by atoms with Gasteiger partial charge >= 0.3 is 12.0 Å². The van der Waals surface area contributed by atoms with Gasteiger partial charge in [0.05, 0.1) is 32.1 Å². The van der Waals surface area contributed by atoms with Gasteiger partial charge in [0.15, 0.2) is 5.84 Å². The number of carbonyl (C=O) groups is 2. The lowest BCUT2D eigenvalue weighted by atomic mass is 10.1. The second-order valence-corrected chi connectivity index (χ2v) is 9.60. The summed E-state index contributed by atoms with van der Waals surface area (Å²) in [6.07, 6.45) is 0.795. The summed E-state index contributed by atoms with van der Waals surface area (Å²) in [5.41, 5.74) is -0.918. The molecule has 0 fully saturated rings. The smallest absolute Gasteiger partial charge is 0.337 e. The van der Waals surface area contributed by atoms with Crippen LogP contribution >= 0.6 is 0 Å². The van der Waals surface area contributed by atoms with Crippen molar-refractivity contribution in [1.82, 2.24) is 19.4 Å². The topological polar surface area (TPSA) is 241 Å². The number of ether oxygens (including phenoxy) is 2. The molecule has 0 aliphatic rings. The van der Waals surface area contributed by atoms with Gasteiger partial charge in [-0.2, -0.15) is 15.1 Å². The number of hydrogen-bond acceptors (Lipinski definition) is 12. The maximum atomic E-state index is 12.8. The second kappa shape index (κ2) is 10.2. The molecule has 0 unspecified atom stereocenters. The summed E-state index contributed by atoms with van der Waals surface area (Å²) in [4.78, 5) is 30.6. The number of nitrogens with one attached hydrogen (secondary N) is 3. The lowest BCUT2D eigenvalue weighted by Gasteiger charge is -2.13. The number of carbonyl (C=O) groups excluding carboxylic acids is 1. The molecular formula is C16H19N7O9S2. The lowest BCUT2D eigenvalue weighted by Crippen LogP contribution is -2.36. The molecule has 1 aromatic heterocycles. The van der Waals surface area contributed by atoms with E-state index in [4.69, 9.17) is 15.3 Å². The molecule has 1 heterocycles. The molecular weight excluding hydrogens is 498 g/mol. The standard InChI is InChI=1S/C16H19N7O9S2/c1-31-11-7-12(32-2)19-15(18-11)20-16(26)23-34(29,30)10-6-8(4-5-9(10)14(24)25)13(21-17)22-33(3,27)28/h4-7H,17H2,1-3H3,(H,21,22)(H,24,25)(H2,18,19,20,23,26). The summed E-state index contributed by atoms with van der Waals surface area (Å²) >= 11 is 0. The zero-order valence-electron chi connectivity index (χ0n) is 17.8. The van der Waals surface area contributed by atoms with Crippen molar-refractivity contribution in [3.05, 3.63) is 35.4 Å². The highest BCUT2D eigenvalue weighted by Crippen LogP contribution is 2.20. The number of amidine groups is 1. The summed E-state index contributed by atoms with van der Waals surface area (Å²) in [6, 6.07) is 2.66. The van der Waals surface area contributed by atoms with E-state index in [1.54, 1.807) is 4.72 Å². The first-order valence-electron chi connectivity index (χ1n) is 8.74. The number of methoxy groups -OCH3 is 2. The molecule has 0 aliphatic carbocycles. The predicted octanol–water partition coefficient (Wildman–Crippen LogP) is -1.13. The third-order valence-electron chi connectivity index (χ3n) is 3.74. The quantitative estimate of drug-likeness (QED) is 0.121. The summed E-state index contributed by atoms with van der Waals surface area (Å²) < 4.78 is 62.0. The molecule has 0 saturated carbocycles. The Hall–Kier alpha value is -4.19. The molecule has 34 heavy (non-hydrogen) atoms. The van der Waals surface area contributed by atoms with Crippen molar-refractivity contribution in [3.63, 3.8) is 0 Å². The average Bonchev–Trinajstić information content (AvgIpc) is 2.75. The number of benzene rings is 1. The number of rotatable bonds is 8. The fraction of sp³-hybridized carbons (Fsp3) is 0.188. The minimum atomic E-state index is -4.83. The van der Waals surface area contributed by atoms with Gasteiger partial charge < -0.3 is 20.4 Å². The van der Waals surface area contributed by atoms with Crippen molar-refractivity contribution in [1.29, 1.82) is 0 Å². The maximum absolute atomic E-state index is 12.8. The van der Waals surface area contributed by atoms with Crippen molar-refractivity contribution in [3.8, 4) is 11.8 Å². The fourth-order valence-corrected chi connectivity index (χ4v) is 4.03. The second-order valence-electron chi connectivity index (χ2n) is 6.20. The molecule has 0 saturated heterocycles. The first kappa shape index (κ1) is 26.1. The summed E-state index contributed by atoms with van der Waals surface area (Å²) in [5.74, 6) is 2.66. The van der Waals surface area contributed by atoms with E-state index < -0.39 is 48.3 Å². The van der Waals surface area contributed by atoms with Crippen LogP contribution in [0.4, 0.5) is 10.7 Å². The Morgan fingerprint density at radius 1 is 1.03 bits per heavy atom. The van der Waals surface area contributed by atoms with Crippen molar-refractivity contribution < 1.29 is 41.0 Å². The Balaban J connectivity index is 2.42. The summed E-state index contributed by atoms with van der Waals surface area (Å²) in [6.45, 7) is 0. The van der Waals surface area contributed by atoms with Crippen LogP contribution < -0.4 is 30.1 Å². The Bertz CT molecular complexity index is 1340. The normalized spacial score (nSPS) is 11.9.